The summed E-state index contributed by atoms with van der Waals surface area (Å²) in [6.45, 7) is 4.74. The van der Waals surface area contributed by atoms with Gasteiger partial charge in [-0.25, -0.2) is 0 Å². The lowest BCUT2D eigenvalue weighted by Gasteiger charge is -2.23. The van der Waals surface area contributed by atoms with Crippen LogP contribution in [-0.4, -0.2) is 0 Å². The zero-order valence-electron chi connectivity index (χ0n) is 29.1. The Bertz CT molecular complexity index is 3090. The van der Waals surface area contributed by atoms with Crippen molar-refractivity contribution in [1.29, 1.82) is 0 Å². The van der Waals surface area contributed by atoms with Gasteiger partial charge in [-0.05, 0) is 112 Å². The molecule has 0 aliphatic heterocycles. The van der Waals surface area contributed by atoms with E-state index in [2.05, 4.69) is 178 Å². The van der Waals surface area contributed by atoms with Gasteiger partial charge in [-0.1, -0.05) is 159 Å². The van der Waals surface area contributed by atoms with Gasteiger partial charge < -0.3 is 4.42 Å². The third-order valence-electron chi connectivity index (χ3n) is 11.7. The first-order valence-corrected chi connectivity index (χ1v) is 18.2. The molecule has 244 valence electrons. The van der Waals surface area contributed by atoms with Gasteiger partial charge in [0, 0.05) is 16.2 Å². The number of furan rings is 1. The summed E-state index contributed by atoms with van der Waals surface area (Å²) in [5.74, 6) is 0. The monoisotopic (exact) mass is 662 g/mol. The fraction of sp³-hybridized carbons (Fsp3) is 0.0588. The summed E-state index contributed by atoms with van der Waals surface area (Å²) < 4.78 is 6.28. The highest BCUT2D eigenvalue weighted by molar-refractivity contribution is 6.24. The van der Waals surface area contributed by atoms with Crippen molar-refractivity contribution in [1.82, 2.24) is 0 Å². The molecule has 0 radical (unpaired) electrons. The lowest BCUT2D eigenvalue weighted by Crippen LogP contribution is -2.14. The van der Waals surface area contributed by atoms with Crippen LogP contribution in [0.25, 0.3) is 98.8 Å². The third-order valence-corrected chi connectivity index (χ3v) is 11.7. The van der Waals surface area contributed by atoms with Gasteiger partial charge >= 0.3 is 0 Å². The van der Waals surface area contributed by atoms with Crippen molar-refractivity contribution in [3.05, 3.63) is 181 Å². The van der Waals surface area contributed by atoms with Crippen LogP contribution in [-0.2, 0) is 5.41 Å². The minimum atomic E-state index is -0.0929. The Labute approximate surface area is 302 Å². The van der Waals surface area contributed by atoms with Crippen molar-refractivity contribution >= 4 is 54.3 Å². The first-order valence-electron chi connectivity index (χ1n) is 18.2. The second-order valence-corrected chi connectivity index (χ2v) is 14.8. The standard InChI is InChI=1S/C51H34O/c1-51(2)44-22-9-7-19-40(44)50-41(21-12-23-45(50)51)49-38-18-6-5-17-37(38)48(33-26-28-47-42(30-33)36-16-8-10-24-46(36)52-47)39-27-25-32(29-43(39)49)35-20-11-14-31-13-3-4-15-34(31)35/h3-30H,1-2H3. The maximum atomic E-state index is 6.28. The largest absolute Gasteiger partial charge is 0.456 e. The normalized spacial score (nSPS) is 13.3. The molecule has 0 bridgehead atoms. The second-order valence-electron chi connectivity index (χ2n) is 14.8. The predicted molar refractivity (Wildman–Crippen MR) is 220 cm³/mol. The Balaban J connectivity index is 1.29. The van der Waals surface area contributed by atoms with Gasteiger partial charge in [-0.2, -0.15) is 0 Å². The van der Waals surface area contributed by atoms with Crippen molar-refractivity contribution in [2.45, 2.75) is 19.3 Å². The molecule has 1 nitrogen and oxygen atoms in total. The van der Waals surface area contributed by atoms with Gasteiger partial charge in [-0.3, -0.25) is 0 Å². The molecular formula is C51H34O. The topological polar surface area (TPSA) is 13.1 Å². The Morgan fingerprint density at radius 1 is 0.346 bits per heavy atom. The highest BCUT2D eigenvalue weighted by Gasteiger charge is 2.37. The molecule has 0 N–H and O–H groups in total. The van der Waals surface area contributed by atoms with E-state index in [1.165, 1.54) is 88.0 Å². The van der Waals surface area contributed by atoms with E-state index in [-0.39, 0.29) is 5.41 Å². The molecule has 0 atom stereocenters. The van der Waals surface area contributed by atoms with E-state index in [9.17, 15) is 0 Å². The Morgan fingerprint density at radius 2 is 0.923 bits per heavy atom. The molecule has 1 aromatic heterocycles. The van der Waals surface area contributed by atoms with Crippen molar-refractivity contribution in [3.63, 3.8) is 0 Å². The molecule has 9 aromatic carbocycles. The molecule has 1 aliphatic rings. The zero-order valence-corrected chi connectivity index (χ0v) is 29.1. The van der Waals surface area contributed by atoms with Gasteiger partial charge in [-0.15, -0.1) is 0 Å². The molecule has 1 heteroatoms. The zero-order chi connectivity index (χ0) is 34.6. The third kappa shape index (κ3) is 4.05. The average molecular weight is 663 g/mol. The van der Waals surface area contributed by atoms with Crippen LogP contribution >= 0.6 is 0 Å². The van der Waals surface area contributed by atoms with Gasteiger partial charge in [0.15, 0.2) is 0 Å². The molecular weight excluding hydrogens is 629 g/mol. The van der Waals surface area contributed by atoms with E-state index in [0.29, 0.717) is 0 Å². The summed E-state index contributed by atoms with van der Waals surface area (Å²) in [5, 5.41) is 9.80. The Morgan fingerprint density at radius 3 is 1.81 bits per heavy atom. The molecule has 10 aromatic rings. The van der Waals surface area contributed by atoms with Crippen molar-refractivity contribution in [3.8, 4) is 44.5 Å². The van der Waals surface area contributed by atoms with Gasteiger partial charge in [0.05, 0.1) is 0 Å². The van der Waals surface area contributed by atoms with Gasteiger partial charge in [0.2, 0.25) is 0 Å². The number of rotatable bonds is 3. The SMILES string of the molecule is CC1(C)c2ccccc2-c2c(-c3c4ccccc4c(-c4ccc5oc6ccccc6c5c4)c4ccc(-c5cccc6ccccc56)cc34)cccc21. The molecule has 1 aliphatic carbocycles. The number of para-hydroxylation sites is 1. The molecule has 0 saturated heterocycles. The number of hydrogen-bond donors (Lipinski definition) is 0. The molecule has 52 heavy (non-hydrogen) atoms. The summed E-state index contributed by atoms with van der Waals surface area (Å²) >= 11 is 0. The van der Waals surface area contributed by atoms with Gasteiger partial charge in [0.1, 0.15) is 11.2 Å². The maximum absolute atomic E-state index is 6.28. The number of hydrogen-bond acceptors (Lipinski definition) is 1. The van der Waals surface area contributed by atoms with E-state index >= 15 is 0 Å². The van der Waals surface area contributed by atoms with Crippen LogP contribution in [0.1, 0.15) is 25.0 Å². The van der Waals surface area contributed by atoms with Crippen LogP contribution in [0.5, 0.6) is 0 Å². The molecule has 0 spiro atoms. The van der Waals surface area contributed by atoms with Crippen LogP contribution in [0.3, 0.4) is 0 Å². The highest BCUT2D eigenvalue weighted by Crippen LogP contribution is 2.55. The van der Waals surface area contributed by atoms with E-state index in [0.717, 1.165) is 21.9 Å². The lowest BCUT2D eigenvalue weighted by atomic mass is 9.80. The van der Waals surface area contributed by atoms with E-state index in [4.69, 9.17) is 4.42 Å². The Kier molecular flexibility index (Phi) is 6.08. The maximum Gasteiger partial charge on any atom is 0.135 e. The fourth-order valence-corrected chi connectivity index (χ4v) is 9.27. The highest BCUT2D eigenvalue weighted by atomic mass is 16.3. The smallest absolute Gasteiger partial charge is 0.135 e. The minimum absolute atomic E-state index is 0.0929. The molecule has 1 heterocycles. The Hall–Kier alpha value is -6.44. The van der Waals surface area contributed by atoms with Crippen LogP contribution in [0, 0.1) is 0 Å². The van der Waals surface area contributed by atoms with E-state index < -0.39 is 0 Å². The second kappa shape index (κ2) is 10.8. The number of fused-ring (bicyclic) bond motifs is 9. The quantitative estimate of drug-likeness (QED) is 0.172. The lowest BCUT2D eigenvalue weighted by molar-refractivity contribution is 0.660. The average Bonchev–Trinajstić information content (AvgIpc) is 3.68. The summed E-state index contributed by atoms with van der Waals surface area (Å²) in [6.07, 6.45) is 0. The number of benzene rings is 9. The van der Waals surface area contributed by atoms with E-state index in [1.807, 2.05) is 6.07 Å². The van der Waals surface area contributed by atoms with Crippen molar-refractivity contribution in [2.75, 3.05) is 0 Å². The molecule has 0 unspecified atom stereocenters. The minimum Gasteiger partial charge on any atom is -0.456 e. The van der Waals surface area contributed by atoms with Crippen molar-refractivity contribution < 1.29 is 4.42 Å². The molecule has 0 fully saturated rings. The first-order chi connectivity index (χ1) is 25.6. The predicted octanol–water partition coefficient (Wildman–Crippen LogP) is 14.4. The summed E-state index contributed by atoms with van der Waals surface area (Å²) in [5.41, 5.74) is 14.7. The fourth-order valence-electron chi connectivity index (χ4n) is 9.27. The van der Waals surface area contributed by atoms with Crippen LogP contribution in [0.2, 0.25) is 0 Å². The van der Waals surface area contributed by atoms with Gasteiger partial charge in [0.25, 0.3) is 0 Å². The molecule has 0 amide bonds. The first kappa shape index (κ1) is 29.3. The summed E-state index contributed by atoms with van der Waals surface area (Å²) in [6, 6.07) is 62.6. The van der Waals surface area contributed by atoms with E-state index in [1.54, 1.807) is 0 Å². The summed E-state index contributed by atoms with van der Waals surface area (Å²) in [7, 11) is 0. The molecule has 0 saturated carbocycles. The van der Waals surface area contributed by atoms with Crippen molar-refractivity contribution in [2.24, 2.45) is 0 Å². The molecule has 11 rings (SSSR count). The van der Waals surface area contributed by atoms with Crippen LogP contribution < -0.4 is 0 Å². The van der Waals surface area contributed by atoms with Crippen LogP contribution in [0.4, 0.5) is 0 Å². The van der Waals surface area contributed by atoms with Crippen LogP contribution in [0.15, 0.2) is 174 Å². The summed E-state index contributed by atoms with van der Waals surface area (Å²) in [4.78, 5) is 0.